The zero-order valence-corrected chi connectivity index (χ0v) is 21.2. The molecule has 1 fully saturated rings. The highest BCUT2D eigenvalue weighted by molar-refractivity contribution is 7.06. The van der Waals surface area contributed by atoms with Crippen molar-refractivity contribution < 1.29 is 31.5 Å². The first-order valence-electron chi connectivity index (χ1n) is 11.8. The molecule has 1 atom stereocenters. The first-order valence-corrected chi connectivity index (χ1v) is 12.6. The number of aryl methyl sites for hydroxylation is 1. The SMILES string of the molecule is Cc1nsc(Cc2cnc(C(F)(F)F)cn2)c1C(=O)Nc1ccc(OC2CCCN(C(CF)CF)C2)nc1. The summed E-state index contributed by atoms with van der Waals surface area (Å²) in [7, 11) is 0. The van der Waals surface area contributed by atoms with Crippen molar-refractivity contribution in [2.45, 2.75) is 44.5 Å². The highest BCUT2D eigenvalue weighted by Gasteiger charge is 2.33. The number of hydrogen-bond donors (Lipinski definition) is 1. The van der Waals surface area contributed by atoms with Crippen LogP contribution in [0.4, 0.5) is 27.6 Å². The molecule has 4 rings (SSSR count). The van der Waals surface area contributed by atoms with Crippen molar-refractivity contribution in [3.8, 4) is 5.88 Å². The monoisotopic (exact) mass is 556 g/mol. The Morgan fingerprint density at radius 1 is 1.18 bits per heavy atom. The third-order valence-corrected chi connectivity index (χ3v) is 7.00. The summed E-state index contributed by atoms with van der Waals surface area (Å²) in [6.45, 7) is 1.16. The van der Waals surface area contributed by atoms with Crippen LogP contribution < -0.4 is 10.1 Å². The van der Waals surface area contributed by atoms with Crippen LogP contribution in [0.2, 0.25) is 0 Å². The minimum Gasteiger partial charge on any atom is -0.473 e. The van der Waals surface area contributed by atoms with E-state index in [-0.39, 0.29) is 18.2 Å². The van der Waals surface area contributed by atoms with E-state index in [4.69, 9.17) is 4.74 Å². The van der Waals surface area contributed by atoms with Gasteiger partial charge in [0.05, 0.1) is 41.1 Å². The van der Waals surface area contributed by atoms with Crippen molar-refractivity contribution in [1.29, 1.82) is 0 Å². The number of pyridine rings is 1. The maximum atomic E-state index is 13.0. The molecule has 8 nitrogen and oxygen atoms in total. The van der Waals surface area contributed by atoms with Crippen LogP contribution in [-0.2, 0) is 12.6 Å². The van der Waals surface area contributed by atoms with Crippen LogP contribution in [0.5, 0.6) is 5.88 Å². The van der Waals surface area contributed by atoms with Gasteiger partial charge in [0.25, 0.3) is 5.91 Å². The van der Waals surface area contributed by atoms with Crippen LogP contribution in [0.25, 0.3) is 0 Å². The normalized spacial score (nSPS) is 16.6. The fourth-order valence-electron chi connectivity index (χ4n) is 4.10. The fourth-order valence-corrected chi connectivity index (χ4v) is 4.99. The van der Waals surface area contributed by atoms with E-state index >= 15 is 0 Å². The molecular formula is C24H25F5N6O2S. The number of rotatable bonds is 9. The minimum absolute atomic E-state index is 0.0918. The number of ether oxygens (including phenoxy) is 1. The van der Waals surface area contributed by atoms with Gasteiger partial charge in [-0.15, -0.1) is 0 Å². The molecule has 0 spiro atoms. The average Bonchev–Trinajstić information content (AvgIpc) is 3.26. The lowest BCUT2D eigenvalue weighted by Crippen LogP contribution is -2.48. The van der Waals surface area contributed by atoms with Crippen LogP contribution in [0.3, 0.4) is 0 Å². The van der Waals surface area contributed by atoms with E-state index < -0.39 is 37.2 Å². The summed E-state index contributed by atoms with van der Waals surface area (Å²) in [5, 5.41) is 2.74. The van der Waals surface area contributed by atoms with Gasteiger partial charge >= 0.3 is 6.18 Å². The third kappa shape index (κ3) is 6.78. The number of likely N-dealkylation sites (tertiary alicyclic amines) is 1. The fraction of sp³-hybridized carbons (Fsp3) is 0.458. The molecule has 1 aliphatic heterocycles. The summed E-state index contributed by atoms with van der Waals surface area (Å²) in [5.74, 6) is -0.130. The molecule has 4 heterocycles. The lowest BCUT2D eigenvalue weighted by atomic mass is 10.1. The molecule has 0 saturated carbocycles. The Labute approximate surface area is 219 Å². The zero-order valence-electron chi connectivity index (χ0n) is 20.3. The van der Waals surface area contributed by atoms with E-state index in [1.807, 2.05) is 0 Å². The maximum Gasteiger partial charge on any atom is 0.434 e. The van der Waals surface area contributed by atoms with E-state index in [9.17, 15) is 26.7 Å². The van der Waals surface area contributed by atoms with Crippen LogP contribution >= 0.6 is 11.5 Å². The average molecular weight is 557 g/mol. The quantitative estimate of drug-likeness (QED) is 0.384. The number of amides is 1. The first-order chi connectivity index (χ1) is 18.2. The van der Waals surface area contributed by atoms with Gasteiger partial charge < -0.3 is 10.1 Å². The molecule has 3 aromatic heterocycles. The van der Waals surface area contributed by atoms with Gasteiger partial charge in [0.2, 0.25) is 5.88 Å². The van der Waals surface area contributed by atoms with Gasteiger partial charge in [-0.1, -0.05) is 0 Å². The lowest BCUT2D eigenvalue weighted by molar-refractivity contribution is -0.141. The number of aromatic nitrogens is 4. The number of carbonyl (C=O) groups is 1. The topological polar surface area (TPSA) is 93.1 Å². The largest absolute Gasteiger partial charge is 0.473 e. The molecule has 14 heteroatoms. The van der Waals surface area contributed by atoms with Gasteiger partial charge in [-0.25, -0.2) is 18.7 Å². The molecule has 1 saturated heterocycles. The van der Waals surface area contributed by atoms with Crippen LogP contribution in [-0.4, -0.2) is 68.7 Å². The molecule has 1 N–H and O–H groups in total. The van der Waals surface area contributed by atoms with E-state index in [0.717, 1.165) is 30.6 Å². The molecule has 0 radical (unpaired) electrons. The molecule has 204 valence electrons. The van der Waals surface area contributed by atoms with Crippen molar-refractivity contribution >= 4 is 23.1 Å². The first kappa shape index (κ1) is 27.8. The predicted molar refractivity (Wildman–Crippen MR) is 130 cm³/mol. The van der Waals surface area contributed by atoms with E-state index in [0.29, 0.717) is 47.0 Å². The van der Waals surface area contributed by atoms with Gasteiger partial charge in [-0.2, -0.15) is 17.5 Å². The van der Waals surface area contributed by atoms with Crippen molar-refractivity contribution in [2.75, 3.05) is 31.8 Å². The highest BCUT2D eigenvalue weighted by Crippen LogP contribution is 2.28. The lowest BCUT2D eigenvalue weighted by Gasteiger charge is -2.35. The van der Waals surface area contributed by atoms with Crippen molar-refractivity contribution in [3.63, 3.8) is 0 Å². The Balaban J connectivity index is 1.37. The van der Waals surface area contributed by atoms with Crippen LogP contribution in [0.15, 0.2) is 30.7 Å². The number of nitrogens with one attached hydrogen (secondary N) is 1. The number of carbonyl (C=O) groups excluding carboxylic acids is 1. The van der Waals surface area contributed by atoms with Gasteiger partial charge in [0.1, 0.15) is 19.5 Å². The number of hydrogen-bond acceptors (Lipinski definition) is 8. The summed E-state index contributed by atoms with van der Waals surface area (Å²) in [5.41, 5.74) is 0.341. The molecule has 3 aromatic rings. The van der Waals surface area contributed by atoms with Crippen LogP contribution in [0.1, 0.15) is 45.2 Å². The summed E-state index contributed by atoms with van der Waals surface area (Å²) < 4.78 is 74.4. The number of nitrogens with zero attached hydrogens (tertiary/aromatic N) is 5. The number of alkyl halides is 5. The molecule has 1 aliphatic rings. The smallest absolute Gasteiger partial charge is 0.434 e. The zero-order chi connectivity index (χ0) is 27.3. The van der Waals surface area contributed by atoms with Gasteiger partial charge in [-0.05, 0) is 43.9 Å². The second kappa shape index (κ2) is 12.1. The van der Waals surface area contributed by atoms with Crippen molar-refractivity contribution in [1.82, 2.24) is 24.2 Å². The molecule has 0 bridgehead atoms. The Morgan fingerprint density at radius 3 is 2.61 bits per heavy atom. The summed E-state index contributed by atoms with van der Waals surface area (Å²) in [6.07, 6.45) is -0.150. The number of piperidine rings is 1. The van der Waals surface area contributed by atoms with E-state index in [1.54, 1.807) is 24.0 Å². The van der Waals surface area contributed by atoms with Crippen molar-refractivity contribution in [3.05, 3.63) is 58.2 Å². The standard InChI is InChI=1S/C24H25F5N6O2S/c1-14-22(19(38-34-14)7-16-11-31-20(12-30-16)24(27,28)29)23(36)33-15-4-5-21(32-10-15)37-18-3-2-6-35(13-18)17(8-25)9-26/h4-5,10-12,17-18H,2-3,6-9,13H2,1H3,(H,33,36). The Bertz CT molecular complexity index is 1220. The Morgan fingerprint density at radius 2 is 1.97 bits per heavy atom. The second-order valence-corrected chi connectivity index (χ2v) is 9.67. The van der Waals surface area contributed by atoms with Crippen LogP contribution in [0, 0.1) is 6.92 Å². The number of halogens is 5. The molecular weight excluding hydrogens is 531 g/mol. The summed E-state index contributed by atoms with van der Waals surface area (Å²) in [4.78, 5) is 26.7. The molecule has 38 heavy (non-hydrogen) atoms. The number of anilines is 1. The molecule has 1 unspecified atom stereocenters. The van der Waals surface area contributed by atoms with Gasteiger partial charge in [-0.3, -0.25) is 14.7 Å². The Hall–Kier alpha value is -3.26. The molecule has 0 aliphatic carbocycles. The van der Waals surface area contributed by atoms with Crippen molar-refractivity contribution in [2.24, 2.45) is 0 Å². The van der Waals surface area contributed by atoms with E-state index in [2.05, 4.69) is 24.6 Å². The molecule has 1 amide bonds. The summed E-state index contributed by atoms with van der Waals surface area (Å²) in [6, 6.07) is 2.44. The highest BCUT2D eigenvalue weighted by atomic mass is 32.1. The molecule has 0 aromatic carbocycles. The van der Waals surface area contributed by atoms with Gasteiger partial charge in [0.15, 0.2) is 5.69 Å². The third-order valence-electron chi connectivity index (χ3n) is 6.06. The minimum atomic E-state index is -4.59. The maximum absolute atomic E-state index is 13.0. The predicted octanol–water partition coefficient (Wildman–Crippen LogP) is 4.65. The second-order valence-electron chi connectivity index (χ2n) is 8.81. The summed E-state index contributed by atoms with van der Waals surface area (Å²) >= 11 is 1.06. The Kier molecular flexibility index (Phi) is 8.82. The van der Waals surface area contributed by atoms with Gasteiger partial charge in [0, 0.05) is 30.1 Å². The van der Waals surface area contributed by atoms with E-state index in [1.165, 1.54) is 6.20 Å².